The highest BCUT2D eigenvalue weighted by atomic mass is 16.3. The van der Waals surface area contributed by atoms with Crippen LogP contribution in [0.25, 0.3) is 0 Å². The van der Waals surface area contributed by atoms with Gasteiger partial charge in [0.25, 0.3) is 0 Å². The van der Waals surface area contributed by atoms with Gasteiger partial charge in [0, 0.05) is 0 Å². The third-order valence-electron chi connectivity index (χ3n) is 3.90. The van der Waals surface area contributed by atoms with Crippen LogP contribution in [0.5, 0.6) is 0 Å². The maximum Gasteiger partial charge on any atom is 0.0645 e. The molecule has 0 saturated carbocycles. The van der Waals surface area contributed by atoms with Crippen molar-refractivity contribution in [1.82, 2.24) is 0 Å². The van der Waals surface area contributed by atoms with Gasteiger partial charge in [-0.05, 0) is 19.3 Å². The molecule has 1 nitrogen and oxygen atoms in total. The molecule has 1 heteroatoms. The van der Waals surface area contributed by atoms with E-state index in [0.717, 1.165) is 19.3 Å². The van der Waals surface area contributed by atoms with Gasteiger partial charge in [0.2, 0.25) is 0 Å². The molecule has 0 aromatic carbocycles. The molecule has 1 N–H and O–H groups in total. The van der Waals surface area contributed by atoms with E-state index in [1.54, 1.807) is 0 Å². The third-order valence-corrected chi connectivity index (χ3v) is 3.90. The van der Waals surface area contributed by atoms with Gasteiger partial charge in [-0.2, -0.15) is 0 Å². The van der Waals surface area contributed by atoms with Gasteiger partial charge in [-0.1, -0.05) is 78.6 Å². The van der Waals surface area contributed by atoms with Crippen molar-refractivity contribution < 1.29 is 5.11 Å². The fraction of sp³-hybridized carbons (Fsp3) is 1.00. The Balaban J connectivity index is 3.57. The summed E-state index contributed by atoms with van der Waals surface area (Å²) in [5, 5.41) is 10.4. The summed E-state index contributed by atoms with van der Waals surface area (Å²) < 4.78 is 0. The number of aliphatic hydroxyl groups is 1. The average molecular weight is 242 g/mol. The maximum atomic E-state index is 10.4. The van der Waals surface area contributed by atoms with E-state index in [-0.39, 0.29) is 5.60 Å². The lowest BCUT2D eigenvalue weighted by Gasteiger charge is -2.27. The highest BCUT2D eigenvalue weighted by Crippen LogP contribution is 2.25. The molecule has 104 valence electrons. The fourth-order valence-electron chi connectivity index (χ4n) is 2.42. The van der Waals surface area contributed by atoms with Crippen LogP contribution in [0.1, 0.15) is 97.8 Å². The van der Waals surface area contributed by atoms with Crippen molar-refractivity contribution >= 4 is 0 Å². The zero-order valence-electron chi connectivity index (χ0n) is 12.4. The van der Waals surface area contributed by atoms with Gasteiger partial charge < -0.3 is 5.11 Å². The van der Waals surface area contributed by atoms with E-state index in [2.05, 4.69) is 20.8 Å². The smallest absolute Gasteiger partial charge is 0.0645 e. The first-order valence-electron chi connectivity index (χ1n) is 7.91. The Labute approximate surface area is 109 Å². The topological polar surface area (TPSA) is 20.2 Å². The molecule has 0 aromatic heterocycles. The number of unbranched alkanes of at least 4 members (excludes halogenated alkanes) is 7. The van der Waals surface area contributed by atoms with E-state index >= 15 is 0 Å². The molecule has 0 rings (SSSR count). The Morgan fingerprint density at radius 1 is 0.647 bits per heavy atom. The monoisotopic (exact) mass is 242 g/mol. The lowest BCUT2D eigenvalue weighted by atomic mass is 9.88. The third kappa shape index (κ3) is 9.64. The van der Waals surface area contributed by atoms with E-state index < -0.39 is 0 Å². The maximum absolute atomic E-state index is 10.4. The molecule has 1 atom stereocenters. The van der Waals surface area contributed by atoms with Crippen molar-refractivity contribution in [1.29, 1.82) is 0 Å². The summed E-state index contributed by atoms with van der Waals surface area (Å²) in [5.74, 6) is 0. The van der Waals surface area contributed by atoms with E-state index in [9.17, 15) is 5.11 Å². The lowest BCUT2D eigenvalue weighted by Crippen LogP contribution is -2.27. The molecule has 0 saturated heterocycles. The van der Waals surface area contributed by atoms with Crippen LogP contribution in [-0.4, -0.2) is 10.7 Å². The second-order valence-corrected chi connectivity index (χ2v) is 5.55. The molecule has 0 amide bonds. The summed E-state index contributed by atoms with van der Waals surface area (Å²) in [6.07, 6.45) is 14.6. The molecule has 1 unspecified atom stereocenters. The van der Waals surface area contributed by atoms with Crippen LogP contribution in [0.3, 0.4) is 0 Å². The predicted octanol–water partition coefficient (Wildman–Crippen LogP) is 5.46. The van der Waals surface area contributed by atoms with Gasteiger partial charge in [-0.25, -0.2) is 0 Å². The number of hydrogen-bond acceptors (Lipinski definition) is 1. The molecule has 0 aromatic rings. The minimum Gasteiger partial charge on any atom is -0.390 e. The second-order valence-electron chi connectivity index (χ2n) is 5.55. The summed E-state index contributed by atoms with van der Waals surface area (Å²) in [6.45, 7) is 6.60. The van der Waals surface area contributed by atoms with Crippen molar-refractivity contribution in [2.75, 3.05) is 0 Å². The lowest BCUT2D eigenvalue weighted by molar-refractivity contribution is 0.0141. The van der Waals surface area contributed by atoms with Crippen LogP contribution >= 0.6 is 0 Å². The van der Waals surface area contributed by atoms with Crippen LogP contribution < -0.4 is 0 Å². The van der Waals surface area contributed by atoms with Crippen molar-refractivity contribution in [3.63, 3.8) is 0 Å². The quantitative estimate of drug-likeness (QED) is 0.451. The standard InChI is InChI=1S/C16H34O/c1-4-7-9-10-11-13-15-16(17,6-3)14-12-8-5-2/h17H,4-15H2,1-3H3. The minimum atomic E-state index is -0.361. The van der Waals surface area contributed by atoms with Crippen molar-refractivity contribution in [2.24, 2.45) is 0 Å². The number of rotatable bonds is 12. The summed E-state index contributed by atoms with van der Waals surface area (Å²) in [7, 11) is 0. The molecule has 0 heterocycles. The molecule has 0 aliphatic rings. The Morgan fingerprint density at radius 3 is 1.59 bits per heavy atom. The Hall–Kier alpha value is -0.0400. The molecule has 0 radical (unpaired) electrons. The first kappa shape index (κ1) is 17.0. The summed E-state index contributed by atoms with van der Waals surface area (Å²) in [5.41, 5.74) is -0.361. The van der Waals surface area contributed by atoms with Gasteiger partial charge in [0.05, 0.1) is 5.60 Å². The molecule has 0 bridgehead atoms. The normalized spacial score (nSPS) is 14.8. The van der Waals surface area contributed by atoms with Gasteiger partial charge in [0.15, 0.2) is 0 Å². The number of hydrogen-bond donors (Lipinski definition) is 1. The Bertz CT molecular complexity index is 156. The molecule has 0 aliphatic carbocycles. The van der Waals surface area contributed by atoms with Crippen molar-refractivity contribution in [2.45, 2.75) is 103 Å². The zero-order chi connectivity index (χ0) is 13.0. The summed E-state index contributed by atoms with van der Waals surface area (Å²) >= 11 is 0. The van der Waals surface area contributed by atoms with Gasteiger partial charge in [-0.3, -0.25) is 0 Å². The highest BCUT2D eigenvalue weighted by molar-refractivity contribution is 4.76. The van der Waals surface area contributed by atoms with Gasteiger partial charge in [0.1, 0.15) is 0 Å². The van der Waals surface area contributed by atoms with E-state index in [0.29, 0.717) is 0 Å². The molecule has 0 spiro atoms. The Kier molecular flexibility index (Phi) is 11.0. The van der Waals surface area contributed by atoms with Crippen LogP contribution in [0.4, 0.5) is 0 Å². The molecule has 17 heavy (non-hydrogen) atoms. The van der Waals surface area contributed by atoms with Crippen LogP contribution in [-0.2, 0) is 0 Å². The first-order chi connectivity index (χ1) is 8.18. The fourth-order valence-corrected chi connectivity index (χ4v) is 2.42. The molecular weight excluding hydrogens is 208 g/mol. The molecule has 0 fully saturated rings. The van der Waals surface area contributed by atoms with Crippen LogP contribution in [0, 0.1) is 0 Å². The van der Waals surface area contributed by atoms with E-state index in [1.165, 1.54) is 57.8 Å². The Morgan fingerprint density at radius 2 is 1.06 bits per heavy atom. The predicted molar refractivity (Wildman–Crippen MR) is 77.4 cm³/mol. The first-order valence-corrected chi connectivity index (χ1v) is 7.91. The van der Waals surface area contributed by atoms with E-state index in [4.69, 9.17) is 0 Å². The van der Waals surface area contributed by atoms with Gasteiger partial charge >= 0.3 is 0 Å². The van der Waals surface area contributed by atoms with Gasteiger partial charge in [-0.15, -0.1) is 0 Å². The molecule has 0 aliphatic heterocycles. The summed E-state index contributed by atoms with van der Waals surface area (Å²) in [4.78, 5) is 0. The van der Waals surface area contributed by atoms with E-state index in [1.807, 2.05) is 0 Å². The molecular formula is C16H34O. The van der Waals surface area contributed by atoms with Crippen LogP contribution in [0.15, 0.2) is 0 Å². The largest absolute Gasteiger partial charge is 0.390 e. The SMILES string of the molecule is CCCCCCCCC(O)(CC)CCCCC. The van der Waals surface area contributed by atoms with Crippen molar-refractivity contribution in [3.05, 3.63) is 0 Å². The summed E-state index contributed by atoms with van der Waals surface area (Å²) in [6, 6.07) is 0. The minimum absolute atomic E-state index is 0.361. The zero-order valence-corrected chi connectivity index (χ0v) is 12.4. The highest BCUT2D eigenvalue weighted by Gasteiger charge is 2.22. The van der Waals surface area contributed by atoms with Crippen molar-refractivity contribution in [3.8, 4) is 0 Å². The second kappa shape index (κ2) is 11.1. The average Bonchev–Trinajstić information content (AvgIpc) is 2.34. The van der Waals surface area contributed by atoms with Crippen LogP contribution in [0.2, 0.25) is 0 Å².